The van der Waals surface area contributed by atoms with Gasteiger partial charge in [0.2, 0.25) is 0 Å². The topological polar surface area (TPSA) is 62.3 Å². The highest BCUT2D eigenvalue weighted by Gasteiger charge is 2.16. The molecule has 1 aromatic carbocycles. The SMILES string of the molecule is COc1cc(OC)c(-c2cnn(C)c2N)cc1F. The standard InChI is InChI=1S/C12H14FN3O2/c1-16-12(14)8(6-15-16)7-4-9(13)11(18-3)5-10(7)17-2/h4-6H,14H2,1-3H3. The lowest BCUT2D eigenvalue weighted by molar-refractivity contribution is 0.374. The Bertz CT molecular complexity index is 581. The van der Waals surface area contributed by atoms with Crippen LogP contribution in [0.3, 0.4) is 0 Å². The van der Waals surface area contributed by atoms with Crippen molar-refractivity contribution in [2.45, 2.75) is 0 Å². The van der Waals surface area contributed by atoms with Crippen molar-refractivity contribution in [3.05, 3.63) is 24.1 Å². The van der Waals surface area contributed by atoms with E-state index in [0.717, 1.165) is 0 Å². The lowest BCUT2D eigenvalue weighted by atomic mass is 10.1. The normalized spacial score (nSPS) is 10.4. The zero-order chi connectivity index (χ0) is 13.3. The third-order valence-corrected chi connectivity index (χ3v) is 2.75. The lowest BCUT2D eigenvalue weighted by Gasteiger charge is -2.11. The molecule has 18 heavy (non-hydrogen) atoms. The van der Waals surface area contributed by atoms with Gasteiger partial charge in [-0.2, -0.15) is 5.10 Å². The molecule has 0 aliphatic rings. The molecule has 0 unspecified atom stereocenters. The van der Waals surface area contributed by atoms with E-state index in [1.54, 1.807) is 13.2 Å². The predicted octanol–water partition coefficient (Wildman–Crippen LogP) is 1.83. The van der Waals surface area contributed by atoms with Crippen molar-refractivity contribution in [2.24, 2.45) is 7.05 Å². The Morgan fingerprint density at radius 3 is 2.33 bits per heavy atom. The Balaban J connectivity index is 2.63. The number of aromatic nitrogens is 2. The highest BCUT2D eigenvalue weighted by Crippen LogP contribution is 2.37. The molecule has 5 nitrogen and oxygen atoms in total. The maximum Gasteiger partial charge on any atom is 0.165 e. The minimum atomic E-state index is -0.475. The number of halogens is 1. The molecule has 1 heterocycles. The average Bonchev–Trinajstić information content (AvgIpc) is 2.70. The van der Waals surface area contributed by atoms with Gasteiger partial charge < -0.3 is 15.2 Å². The van der Waals surface area contributed by atoms with Crippen LogP contribution in [0, 0.1) is 5.82 Å². The van der Waals surface area contributed by atoms with Gasteiger partial charge in [0.1, 0.15) is 11.6 Å². The van der Waals surface area contributed by atoms with Crippen molar-refractivity contribution in [3.8, 4) is 22.6 Å². The largest absolute Gasteiger partial charge is 0.496 e. The van der Waals surface area contributed by atoms with Crippen LogP contribution in [-0.4, -0.2) is 24.0 Å². The molecule has 6 heteroatoms. The molecule has 0 bridgehead atoms. The van der Waals surface area contributed by atoms with E-state index in [1.807, 2.05) is 0 Å². The molecule has 0 atom stereocenters. The highest BCUT2D eigenvalue weighted by atomic mass is 19.1. The summed E-state index contributed by atoms with van der Waals surface area (Å²) in [4.78, 5) is 0. The van der Waals surface area contributed by atoms with Gasteiger partial charge in [-0.05, 0) is 6.07 Å². The molecule has 2 N–H and O–H groups in total. The number of nitrogen functional groups attached to an aromatic ring is 1. The number of aryl methyl sites for hydroxylation is 1. The van der Waals surface area contributed by atoms with Crippen LogP contribution >= 0.6 is 0 Å². The van der Waals surface area contributed by atoms with E-state index in [-0.39, 0.29) is 5.75 Å². The fourth-order valence-corrected chi connectivity index (χ4v) is 1.73. The molecule has 0 aliphatic carbocycles. The van der Waals surface area contributed by atoms with E-state index < -0.39 is 5.82 Å². The number of hydrogen-bond donors (Lipinski definition) is 1. The third kappa shape index (κ3) is 1.85. The van der Waals surface area contributed by atoms with E-state index in [0.29, 0.717) is 22.7 Å². The summed E-state index contributed by atoms with van der Waals surface area (Å²) >= 11 is 0. The summed E-state index contributed by atoms with van der Waals surface area (Å²) < 4.78 is 25.4. The molecule has 96 valence electrons. The number of anilines is 1. The molecule has 2 rings (SSSR count). The Morgan fingerprint density at radius 1 is 1.17 bits per heavy atom. The Morgan fingerprint density at radius 2 is 1.83 bits per heavy atom. The van der Waals surface area contributed by atoms with Crippen molar-refractivity contribution in [1.82, 2.24) is 9.78 Å². The van der Waals surface area contributed by atoms with Crippen LogP contribution in [0.4, 0.5) is 10.2 Å². The summed E-state index contributed by atoms with van der Waals surface area (Å²) in [6.45, 7) is 0. The number of ether oxygens (including phenoxy) is 2. The molecular weight excluding hydrogens is 237 g/mol. The summed E-state index contributed by atoms with van der Waals surface area (Å²) in [6, 6.07) is 2.81. The molecule has 1 aromatic heterocycles. The minimum Gasteiger partial charge on any atom is -0.496 e. The van der Waals surface area contributed by atoms with Crippen LogP contribution in [-0.2, 0) is 7.05 Å². The van der Waals surface area contributed by atoms with E-state index in [2.05, 4.69) is 5.10 Å². The molecule has 0 aliphatic heterocycles. The first-order valence-corrected chi connectivity index (χ1v) is 5.27. The molecular formula is C12H14FN3O2. The molecule has 0 radical (unpaired) electrons. The summed E-state index contributed by atoms with van der Waals surface area (Å²) in [6.07, 6.45) is 1.57. The smallest absolute Gasteiger partial charge is 0.165 e. The van der Waals surface area contributed by atoms with E-state index in [9.17, 15) is 4.39 Å². The predicted molar refractivity (Wildman–Crippen MR) is 66.1 cm³/mol. The van der Waals surface area contributed by atoms with Gasteiger partial charge in [-0.25, -0.2) is 4.39 Å². The van der Waals surface area contributed by atoms with Crippen LogP contribution in [0.25, 0.3) is 11.1 Å². The second-order valence-electron chi connectivity index (χ2n) is 3.75. The van der Waals surface area contributed by atoms with E-state index in [1.165, 1.54) is 31.0 Å². The summed E-state index contributed by atoms with van der Waals surface area (Å²) in [5, 5.41) is 4.02. The number of nitrogens with two attached hydrogens (primary N) is 1. The summed E-state index contributed by atoms with van der Waals surface area (Å²) in [7, 11) is 4.61. The van der Waals surface area contributed by atoms with Gasteiger partial charge in [-0.3, -0.25) is 4.68 Å². The highest BCUT2D eigenvalue weighted by molar-refractivity contribution is 5.79. The third-order valence-electron chi connectivity index (χ3n) is 2.75. The molecule has 2 aromatic rings. The lowest BCUT2D eigenvalue weighted by Crippen LogP contribution is -1.99. The zero-order valence-corrected chi connectivity index (χ0v) is 10.4. The van der Waals surface area contributed by atoms with Gasteiger partial charge in [-0.1, -0.05) is 0 Å². The van der Waals surface area contributed by atoms with Gasteiger partial charge in [0, 0.05) is 24.2 Å². The Hall–Kier alpha value is -2.24. The van der Waals surface area contributed by atoms with E-state index in [4.69, 9.17) is 15.2 Å². The minimum absolute atomic E-state index is 0.123. The summed E-state index contributed by atoms with van der Waals surface area (Å²) in [5.74, 6) is 0.570. The van der Waals surface area contributed by atoms with E-state index >= 15 is 0 Å². The van der Waals surface area contributed by atoms with Crippen LogP contribution in [0.15, 0.2) is 18.3 Å². The fourth-order valence-electron chi connectivity index (χ4n) is 1.73. The van der Waals surface area contributed by atoms with Crippen molar-refractivity contribution >= 4 is 5.82 Å². The van der Waals surface area contributed by atoms with Gasteiger partial charge in [0.15, 0.2) is 11.6 Å². The first-order valence-electron chi connectivity index (χ1n) is 5.27. The molecule has 0 spiro atoms. The molecule has 0 amide bonds. The number of nitrogens with zero attached hydrogens (tertiary/aromatic N) is 2. The van der Waals surface area contributed by atoms with Gasteiger partial charge in [-0.15, -0.1) is 0 Å². The number of methoxy groups -OCH3 is 2. The van der Waals surface area contributed by atoms with Crippen molar-refractivity contribution in [1.29, 1.82) is 0 Å². The number of benzene rings is 1. The Kier molecular flexibility index (Phi) is 3.10. The fraction of sp³-hybridized carbons (Fsp3) is 0.250. The van der Waals surface area contributed by atoms with Crippen LogP contribution in [0.1, 0.15) is 0 Å². The van der Waals surface area contributed by atoms with Crippen molar-refractivity contribution in [2.75, 3.05) is 20.0 Å². The number of rotatable bonds is 3. The van der Waals surface area contributed by atoms with Crippen LogP contribution < -0.4 is 15.2 Å². The molecule has 0 saturated heterocycles. The molecule has 0 fully saturated rings. The Labute approximate surface area is 104 Å². The van der Waals surface area contributed by atoms with Crippen LogP contribution in [0.5, 0.6) is 11.5 Å². The van der Waals surface area contributed by atoms with Crippen LogP contribution in [0.2, 0.25) is 0 Å². The monoisotopic (exact) mass is 251 g/mol. The quantitative estimate of drug-likeness (QED) is 0.903. The second kappa shape index (κ2) is 4.56. The molecule has 0 saturated carbocycles. The zero-order valence-electron chi connectivity index (χ0n) is 10.4. The summed E-state index contributed by atoms with van der Waals surface area (Å²) in [5.41, 5.74) is 7.03. The second-order valence-corrected chi connectivity index (χ2v) is 3.75. The maximum atomic E-state index is 13.7. The first kappa shape index (κ1) is 12.2. The van der Waals surface area contributed by atoms with Crippen molar-refractivity contribution in [3.63, 3.8) is 0 Å². The van der Waals surface area contributed by atoms with Gasteiger partial charge in [0.25, 0.3) is 0 Å². The first-order chi connectivity index (χ1) is 8.58. The van der Waals surface area contributed by atoms with Crippen molar-refractivity contribution < 1.29 is 13.9 Å². The maximum absolute atomic E-state index is 13.7. The number of hydrogen-bond acceptors (Lipinski definition) is 4. The van der Waals surface area contributed by atoms with Gasteiger partial charge >= 0.3 is 0 Å². The average molecular weight is 251 g/mol. The van der Waals surface area contributed by atoms with Gasteiger partial charge in [0.05, 0.1) is 20.4 Å².